The summed E-state index contributed by atoms with van der Waals surface area (Å²) in [5.41, 5.74) is 9.52. The average Bonchev–Trinajstić information content (AvgIpc) is 2.67. The first kappa shape index (κ1) is 18.3. The number of ether oxygens (including phenoxy) is 2. The number of anilines is 1. The third kappa shape index (κ3) is 5.00. The van der Waals surface area contributed by atoms with Crippen molar-refractivity contribution in [2.45, 2.75) is 13.2 Å². The van der Waals surface area contributed by atoms with E-state index >= 15 is 0 Å². The van der Waals surface area contributed by atoms with Crippen molar-refractivity contribution in [1.82, 2.24) is 5.43 Å². The smallest absolute Gasteiger partial charge is 0.166 e. The molecule has 0 spiro atoms. The van der Waals surface area contributed by atoms with Crippen molar-refractivity contribution in [1.29, 1.82) is 0 Å². The van der Waals surface area contributed by atoms with Crippen LogP contribution < -0.4 is 20.3 Å². The Balaban J connectivity index is 1.69. The van der Waals surface area contributed by atoms with Crippen molar-refractivity contribution in [3.05, 3.63) is 88.4 Å². The maximum Gasteiger partial charge on any atom is 0.166 e. The van der Waals surface area contributed by atoms with Gasteiger partial charge in [-0.25, -0.2) is 5.43 Å². The van der Waals surface area contributed by atoms with Crippen LogP contribution in [0.5, 0.6) is 11.5 Å². The standard InChI is InChI=1S/C21H21BrN2O2/c1-25-20-12-6-8-17(14-23-24-19-10-3-2-4-11-19)21(20)26-15-16-7-5-9-18(22)13-16/h2-13,23-24H,14-15H2,1H3. The van der Waals surface area contributed by atoms with Crippen LogP contribution in [0.3, 0.4) is 0 Å². The van der Waals surface area contributed by atoms with Crippen LogP contribution in [-0.4, -0.2) is 7.11 Å². The first-order valence-corrected chi connectivity index (χ1v) is 9.12. The van der Waals surface area contributed by atoms with E-state index in [2.05, 4.69) is 26.8 Å². The van der Waals surface area contributed by atoms with Crippen molar-refractivity contribution in [3.63, 3.8) is 0 Å². The predicted molar refractivity (Wildman–Crippen MR) is 108 cm³/mol. The molecule has 0 heterocycles. The van der Waals surface area contributed by atoms with E-state index in [1.807, 2.05) is 72.8 Å². The Morgan fingerprint density at radius 2 is 1.73 bits per heavy atom. The minimum atomic E-state index is 0.471. The van der Waals surface area contributed by atoms with Crippen molar-refractivity contribution >= 4 is 21.6 Å². The van der Waals surface area contributed by atoms with Gasteiger partial charge in [0.2, 0.25) is 0 Å². The molecule has 2 N–H and O–H groups in total. The Kier molecular flexibility index (Phi) is 6.52. The minimum absolute atomic E-state index is 0.471. The lowest BCUT2D eigenvalue weighted by Gasteiger charge is -2.16. The maximum atomic E-state index is 6.09. The molecule has 0 aliphatic heterocycles. The van der Waals surface area contributed by atoms with Crippen LogP contribution >= 0.6 is 15.9 Å². The molecule has 0 fully saturated rings. The van der Waals surface area contributed by atoms with Gasteiger partial charge in [0.15, 0.2) is 11.5 Å². The molecule has 134 valence electrons. The zero-order valence-corrected chi connectivity index (χ0v) is 16.1. The van der Waals surface area contributed by atoms with Gasteiger partial charge in [0, 0.05) is 22.3 Å². The first-order valence-electron chi connectivity index (χ1n) is 8.33. The Hall–Kier alpha value is -2.50. The predicted octanol–water partition coefficient (Wildman–Crippen LogP) is 5.15. The number of halogens is 1. The summed E-state index contributed by atoms with van der Waals surface area (Å²) < 4.78 is 12.6. The number of hydrogen-bond donors (Lipinski definition) is 2. The number of rotatable bonds is 8. The lowest BCUT2D eigenvalue weighted by atomic mass is 10.2. The van der Waals surface area contributed by atoms with Gasteiger partial charge in [0.25, 0.3) is 0 Å². The molecule has 26 heavy (non-hydrogen) atoms. The summed E-state index contributed by atoms with van der Waals surface area (Å²) in [4.78, 5) is 0. The summed E-state index contributed by atoms with van der Waals surface area (Å²) in [5, 5.41) is 0. The minimum Gasteiger partial charge on any atom is -0.493 e. The summed E-state index contributed by atoms with van der Waals surface area (Å²) in [7, 11) is 1.65. The van der Waals surface area contributed by atoms with Crippen molar-refractivity contribution in [2.75, 3.05) is 12.5 Å². The second-order valence-corrected chi connectivity index (χ2v) is 6.63. The highest BCUT2D eigenvalue weighted by atomic mass is 79.9. The highest BCUT2D eigenvalue weighted by Gasteiger charge is 2.11. The van der Waals surface area contributed by atoms with Gasteiger partial charge in [-0.1, -0.05) is 58.4 Å². The molecule has 0 unspecified atom stereocenters. The Bertz CT molecular complexity index is 840. The van der Waals surface area contributed by atoms with Gasteiger partial charge in [-0.15, -0.1) is 0 Å². The van der Waals surface area contributed by atoms with E-state index in [0.717, 1.165) is 32.8 Å². The fourth-order valence-electron chi connectivity index (χ4n) is 2.57. The van der Waals surface area contributed by atoms with Gasteiger partial charge in [0.05, 0.1) is 7.11 Å². The fraction of sp³-hybridized carbons (Fsp3) is 0.143. The highest BCUT2D eigenvalue weighted by Crippen LogP contribution is 2.32. The summed E-state index contributed by atoms with van der Waals surface area (Å²) in [5.74, 6) is 1.47. The molecule has 0 aromatic heterocycles. The third-order valence-electron chi connectivity index (χ3n) is 3.84. The van der Waals surface area contributed by atoms with E-state index in [0.29, 0.717) is 13.2 Å². The van der Waals surface area contributed by atoms with Gasteiger partial charge < -0.3 is 14.9 Å². The topological polar surface area (TPSA) is 42.5 Å². The molecule has 0 radical (unpaired) electrons. The number of nitrogens with one attached hydrogen (secondary N) is 2. The van der Waals surface area contributed by atoms with E-state index in [1.54, 1.807) is 7.11 Å². The maximum absolute atomic E-state index is 6.09. The summed E-state index contributed by atoms with van der Waals surface area (Å²) >= 11 is 3.49. The number of benzene rings is 3. The zero-order chi connectivity index (χ0) is 18.2. The van der Waals surface area contributed by atoms with Crippen LogP contribution in [-0.2, 0) is 13.2 Å². The Morgan fingerprint density at radius 1 is 0.923 bits per heavy atom. The van der Waals surface area contributed by atoms with E-state index in [-0.39, 0.29) is 0 Å². The lowest BCUT2D eigenvalue weighted by Crippen LogP contribution is -2.21. The van der Waals surface area contributed by atoms with E-state index < -0.39 is 0 Å². The van der Waals surface area contributed by atoms with Gasteiger partial charge >= 0.3 is 0 Å². The Labute approximate surface area is 162 Å². The summed E-state index contributed by atoms with van der Waals surface area (Å²) in [6.45, 7) is 1.07. The fourth-order valence-corrected chi connectivity index (χ4v) is 3.02. The molecule has 0 aliphatic rings. The normalized spacial score (nSPS) is 10.4. The summed E-state index contributed by atoms with van der Waals surface area (Å²) in [6.07, 6.45) is 0. The first-order chi connectivity index (χ1) is 12.8. The quantitative estimate of drug-likeness (QED) is 0.501. The molecule has 0 atom stereocenters. The van der Waals surface area contributed by atoms with Crippen LogP contribution in [0.25, 0.3) is 0 Å². The molecule has 0 saturated heterocycles. The van der Waals surface area contributed by atoms with Crippen LogP contribution in [0.15, 0.2) is 77.3 Å². The van der Waals surface area contributed by atoms with Crippen LogP contribution in [0.4, 0.5) is 5.69 Å². The average molecular weight is 413 g/mol. The molecule has 3 rings (SSSR count). The summed E-state index contributed by atoms with van der Waals surface area (Å²) in [6, 6.07) is 23.9. The van der Waals surface area contributed by atoms with Gasteiger partial charge in [-0.2, -0.15) is 0 Å². The molecular formula is C21H21BrN2O2. The van der Waals surface area contributed by atoms with E-state index in [1.165, 1.54) is 0 Å². The van der Waals surface area contributed by atoms with Crippen molar-refractivity contribution in [2.24, 2.45) is 0 Å². The van der Waals surface area contributed by atoms with Gasteiger partial charge in [0.1, 0.15) is 6.61 Å². The van der Waals surface area contributed by atoms with E-state index in [9.17, 15) is 0 Å². The molecule has 0 saturated carbocycles. The van der Waals surface area contributed by atoms with Gasteiger partial charge in [-0.05, 0) is 35.9 Å². The molecule has 4 nitrogen and oxygen atoms in total. The molecule has 5 heteroatoms. The van der Waals surface area contributed by atoms with Crippen molar-refractivity contribution in [3.8, 4) is 11.5 Å². The largest absolute Gasteiger partial charge is 0.493 e. The number of para-hydroxylation sites is 2. The molecule has 3 aromatic carbocycles. The molecule has 0 aliphatic carbocycles. The molecule has 0 bridgehead atoms. The third-order valence-corrected chi connectivity index (χ3v) is 4.33. The Morgan fingerprint density at radius 3 is 2.50 bits per heavy atom. The number of methoxy groups -OCH3 is 1. The molecule has 0 amide bonds. The van der Waals surface area contributed by atoms with Crippen molar-refractivity contribution < 1.29 is 9.47 Å². The number of hydrogen-bond acceptors (Lipinski definition) is 4. The zero-order valence-electron chi connectivity index (χ0n) is 14.5. The van der Waals surface area contributed by atoms with Crippen LogP contribution in [0.2, 0.25) is 0 Å². The highest BCUT2D eigenvalue weighted by molar-refractivity contribution is 9.10. The van der Waals surface area contributed by atoms with Crippen LogP contribution in [0, 0.1) is 0 Å². The van der Waals surface area contributed by atoms with E-state index in [4.69, 9.17) is 9.47 Å². The molecular weight excluding hydrogens is 392 g/mol. The van der Waals surface area contributed by atoms with Crippen LogP contribution in [0.1, 0.15) is 11.1 Å². The SMILES string of the molecule is COc1cccc(CNNc2ccccc2)c1OCc1cccc(Br)c1. The lowest BCUT2D eigenvalue weighted by molar-refractivity contribution is 0.281. The second-order valence-electron chi connectivity index (χ2n) is 5.71. The molecule has 3 aromatic rings. The monoisotopic (exact) mass is 412 g/mol. The number of hydrazine groups is 1. The second kappa shape index (κ2) is 9.27. The van der Waals surface area contributed by atoms with Gasteiger partial charge in [-0.3, -0.25) is 0 Å².